The zero-order valence-electron chi connectivity index (χ0n) is 9.03. The normalized spacial score (nSPS) is 10.0. The smallest absolute Gasteiger partial charge is 0.223 e. The summed E-state index contributed by atoms with van der Waals surface area (Å²) >= 11 is 1.63. The summed E-state index contributed by atoms with van der Waals surface area (Å²) in [5.41, 5.74) is 0. The number of hydrogen-bond donors (Lipinski definition) is 0. The van der Waals surface area contributed by atoms with Crippen LogP contribution in [0.25, 0.3) is 0 Å². The van der Waals surface area contributed by atoms with Gasteiger partial charge in [-0.25, -0.2) is 0 Å². The quantitative estimate of drug-likeness (QED) is 0.769. The van der Waals surface area contributed by atoms with Crippen molar-refractivity contribution in [2.75, 3.05) is 7.05 Å². The Morgan fingerprint density at radius 2 is 2.13 bits per heavy atom. The Hall–Kier alpha value is -1.16. The predicted molar refractivity (Wildman–Crippen MR) is 60.7 cm³/mol. The van der Waals surface area contributed by atoms with Crippen LogP contribution >= 0.6 is 11.3 Å². The van der Waals surface area contributed by atoms with Gasteiger partial charge in [-0.2, -0.15) is 0 Å². The lowest BCUT2D eigenvalue weighted by Crippen LogP contribution is -2.25. The van der Waals surface area contributed by atoms with Crippen LogP contribution in [0.2, 0.25) is 0 Å². The van der Waals surface area contributed by atoms with Crippen LogP contribution in [0.5, 0.6) is 0 Å². The van der Waals surface area contributed by atoms with E-state index in [4.69, 9.17) is 0 Å². The van der Waals surface area contributed by atoms with Crippen molar-refractivity contribution in [2.24, 2.45) is 0 Å². The van der Waals surface area contributed by atoms with Gasteiger partial charge in [0.15, 0.2) is 0 Å². The number of Topliss-reactive ketones (excluding diaryl/α,β-unsaturated/α-hetero) is 1. The van der Waals surface area contributed by atoms with Crippen LogP contribution in [0, 0.1) is 0 Å². The number of thiophene rings is 1. The van der Waals surface area contributed by atoms with Crippen molar-refractivity contribution in [2.45, 2.75) is 26.3 Å². The summed E-state index contributed by atoms with van der Waals surface area (Å²) in [5.74, 6) is 0.0893. The van der Waals surface area contributed by atoms with E-state index < -0.39 is 0 Å². The van der Waals surface area contributed by atoms with Gasteiger partial charge in [0, 0.05) is 24.8 Å². The molecule has 0 radical (unpaired) electrons. The van der Waals surface area contributed by atoms with Crippen molar-refractivity contribution in [3.63, 3.8) is 0 Å². The standard InChI is InChI=1S/C11H15NO2S/c1-9(13)5-6-11(14)12(2)8-10-4-3-7-15-10/h3-4,7H,5-6,8H2,1-2H3. The van der Waals surface area contributed by atoms with Crippen molar-refractivity contribution < 1.29 is 9.59 Å². The van der Waals surface area contributed by atoms with Gasteiger partial charge in [-0.1, -0.05) is 6.07 Å². The highest BCUT2D eigenvalue weighted by Gasteiger charge is 2.10. The molecule has 1 aromatic rings. The Labute approximate surface area is 93.7 Å². The molecule has 0 bridgehead atoms. The first-order chi connectivity index (χ1) is 7.09. The summed E-state index contributed by atoms with van der Waals surface area (Å²) in [7, 11) is 1.77. The second-order valence-corrected chi connectivity index (χ2v) is 4.56. The predicted octanol–water partition coefficient (Wildman–Crippen LogP) is 2.08. The van der Waals surface area contributed by atoms with Gasteiger partial charge in [0.25, 0.3) is 0 Å². The fourth-order valence-corrected chi connectivity index (χ4v) is 1.96. The number of amides is 1. The minimum atomic E-state index is 0.0265. The van der Waals surface area contributed by atoms with E-state index in [-0.39, 0.29) is 11.7 Å². The molecule has 0 atom stereocenters. The van der Waals surface area contributed by atoms with Crippen LogP contribution in [-0.4, -0.2) is 23.6 Å². The van der Waals surface area contributed by atoms with Crippen molar-refractivity contribution in [3.05, 3.63) is 22.4 Å². The lowest BCUT2D eigenvalue weighted by molar-refractivity contribution is -0.132. The summed E-state index contributed by atoms with van der Waals surface area (Å²) in [4.78, 5) is 25.1. The van der Waals surface area contributed by atoms with E-state index in [9.17, 15) is 9.59 Å². The summed E-state index contributed by atoms with van der Waals surface area (Å²) in [6, 6.07) is 3.97. The van der Waals surface area contributed by atoms with Crippen molar-refractivity contribution in [3.8, 4) is 0 Å². The number of nitrogens with zero attached hydrogens (tertiary/aromatic N) is 1. The Bertz CT molecular complexity index is 332. The molecule has 1 heterocycles. The van der Waals surface area contributed by atoms with Gasteiger partial charge in [0.1, 0.15) is 5.78 Å². The topological polar surface area (TPSA) is 37.4 Å². The van der Waals surface area contributed by atoms with E-state index in [1.807, 2.05) is 17.5 Å². The van der Waals surface area contributed by atoms with Gasteiger partial charge in [0.2, 0.25) is 5.91 Å². The van der Waals surface area contributed by atoms with Crippen LogP contribution in [0.15, 0.2) is 17.5 Å². The van der Waals surface area contributed by atoms with Gasteiger partial charge >= 0.3 is 0 Å². The molecule has 0 aliphatic rings. The molecule has 0 unspecified atom stereocenters. The zero-order valence-corrected chi connectivity index (χ0v) is 9.84. The number of hydrogen-bond acceptors (Lipinski definition) is 3. The monoisotopic (exact) mass is 225 g/mol. The Morgan fingerprint density at radius 1 is 1.40 bits per heavy atom. The van der Waals surface area contributed by atoms with E-state index in [0.717, 1.165) is 4.88 Å². The molecular formula is C11H15NO2S. The highest BCUT2D eigenvalue weighted by atomic mass is 32.1. The minimum absolute atomic E-state index is 0.0265. The number of rotatable bonds is 5. The van der Waals surface area contributed by atoms with E-state index in [1.165, 1.54) is 6.92 Å². The maximum atomic E-state index is 11.6. The lowest BCUT2D eigenvalue weighted by atomic mass is 10.2. The van der Waals surface area contributed by atoms with E-state index in [1.54, 1.807) is 23.3 Å². The summed E-state index contributed by atoms with van der Waals surface area (Å²) in [5, 5.41) is 1.99. The molecular weight excluding hydrogens is 210 g/mol. The average molecular weight is 225 g/mol. The Kier molecular flexibility index (Phi) is 4.49. The SMILES string of the molecule is CC(=O)CCC(=O)N(C)Cc1cccs1. The molecule has 3 nitrogen and oxygen atoms in total. The van der Waals surface area contributed by atoms with Crippen LogP contribution in [-0.2, 0) is 16.1 Å². The lowest BCUT2D eigenvalue weighted by Gasteiger charge is -2.15. The number of carbonyl (C=O) groups excluding carboxylic acids is 2. The first-order valence-corrected chi connectivity index (χ1v) is 5.73. The van der Waals surface area contributed by atoms with Crippen molar-refractivity contribution in [1.82, 2.24) is 4.90 Å². The third kappa shape index (κ3) is 4.25. The van der Waals surface area contributed by atoms with Gasteiger partial charge in [-0.15, -0.1) is 11.3 Å². The van der Waals surface area contributed by atoms with Crippen molar-refractivity contribution in [1.29, 1.82) is 0 Å². The molecule has 0 spiro atoms. The first-order valence-electron chi connectivity index (χ1n) is 4.85. The van der Waals surface area contributed by atoms with Crippen LogP contribution < -0.4 is 0 Å². The summed E-state index contributed by atoms with van der Waals surface area (Å²) in [6.07, 6.45) is 0.658. The maximum Gasteiger partial charge on any atom is 0.223 e. The summed E-state index contributed by atoms with van der Waals surface area (Å²) < 4.78 is 0. The van der Waals surface area contributed by atoms with Crippen LogP contribution in [0.3, 0.4) is 0 Å². The van der Waals surface area contributed by atoms with Gasteiger partial charge < -0.3 is 9.69 Å². The van der Waals surface area contributed by atoms with Crippen LogP contribution in [0.1, 0.15) is 24.6 Å². The second kappa shape index (κ2) is 5.66. The van der Waals surface area contributed by atoms with E-state index in [2.05, 4.69) is 0 Å². The third-order valence-corrected chi connectivity index (χ3v) is 2.95. The highest BCUT2D eigenvalue weighted by Crippen LogP contribution is 2.11. The molecule has 82 valence electrons. The van der Waals surface area contributed by atoms with E-state index >= 15 is 0 Å². The van der Waals surface area contributed by atoms with Gasteiger partial charge in [-0.3, -0.25) is 4.79 Å². The molecule has 0 saturated heterocycles. The van der Waals surface area contributed by atoms with Crippen molar-refractivity contribution >= 4 is 23.0 Å². The minimum Gasteiger partial charge on any atom is -0.341 e. The first kappa shape index (κ1) is 11.9. The molecule has 1 amide bonds. The third-order valence-electron chi connectivity index (χ3n) is 2.09. The highest BCUT2D eigenvalue weighted by molar-refractivity contribution is 7.09. The fraction of sp³-hybridized carbons (Fsp3) is 0.455. The zero-order chi connectivity index (χ0) is 11.3. The number of ketones is 1. The summed E-state index contributed by atoms with van der Waals surface area (Å²) in [6.45, 7) is 2.14. The molecule has 0 saturated carbocycles. The molecule has 0 fully saturated rings. The Balaban J connectivity index is 2.36. The van der Waals surface area contributed by atoms with Gasteiger partial charge in [0.05, 0.1) is 6.54 Å². The molecule has 0 N–H and O–H groups in total. The molecule has 0 aliphatic carbocycles. The molecule has 15 heavy (non-hydrogen) atoms. The largest absolute Gasteiger partial charge is 0.341 e. The molecule has 0 aromatic carbocycles. The number of carbonyl (C=O) groups is 2. The maximum absolute atomic E-state index is 11.6. The molecule has 1 rings (SSSR count). The fourth-order valence-electron chi connectivity index (χ4n) is 1.20. The van der Waals surface area contributed by atoms with Crippen LogP contribution in [0.4, 0.5) is 0 Å². The van der Waals surface area contributed by atoms with Gasteiger partial charge in [-0.05, 0) is 18.4 Å². The molecule has 1 aromatic heterocycles. The molecule has 4 heteroatoms. The van der Waals surface area contributed by atoms with E-state index in [0.29, 0.717) is 19.4 Å². The molecule has 0 aliphatic heterocycles. The second-order valence-electron chi connectivity index (χ2n) is 3.53. The Morgan fingerprint density at radius 3 is 2.67 bits per heavy atom. The average Bonchev–Trinajstić information content (AvgIpc) is 2.66.